The molecule has 0 saturated heterocycles. The third kappa shape index (κ3) is 2.35. The van der Waals surface area contributed by atoms with E-state index in [1.807, 2.05) is 30.5 Å². The second kappa shape index (κ2) is 4.61. The van der Waals surface area contributed by atoms with Crippen molar-refractivity contribution in [2.24, 2.45) is 0 Å². The molecule has 0 bridgehead atoms. The first-order valence-corrected chi connectivity index (χ1v) is 5.67. The zero-order chi connectivity index (χ0) is 14.2. The Bertz CT molecular complexity index is 618. The summed E-state index contributed by atoms with van der Waals surface area (Å²) in [5, 5.41) is 18.1. The normalized spacial score (nSPS) is 10.4. The number of hydrogen-bond donors (Lipinski definition) is 2. The number of rotatable bonds is 3. The molecule has 2 N–H and O–H groups in total. The maximum Gasteiger partial charge on any atom is 0.335 e. The number of benzene rings is 1. The van der Waals surface area contributed by atoms with Gasteiger partial charge in [0.05, 0.1) is 11.1 Å². The van der Waals surface area contributed by atoms with Crippen LogP contribution in [0.25, 0.3) is 5.69 Å². The standard InChI is InChI=1S/C14H13NO4/c1-8-3-4-9(2)15(8)12-6-10(13(16)17)5-11(7-12)14(18)19/h3-7H,1-2H3,(H,16,17)(H,18,19). The Hall–Kier alpha value is -2.56. The summed E-state index contributed by atoms with van der Waals surface area (Å²) in [5.74, 6) is -2.29. The fraction of sp³-hybridized carbons (Fsp3) is 0.143. The topological polar surface area (TPSA) is 79.5 Å². The Labute approximate surface area is 109 Å². The Kier molecular flexibility index (Phi) is 3.12. The summed E-state index contributed by atoms with van der Waals surface area (Å²) < 4.78 is 1.82. The molecule has 2 aromatic rings. The van der Waals surface area contributed by atoms with Crippen LogP contribution in [0.4, 0.5) is 0 Å². The first kappa shape index (κ1) is 12.9. The van der Waals surface area contributed by atoms with Crippen molar-refractivity contribution in [3.8, 4) is 5.69 Å². The molecule has 5 heteroatoms. The lowest BCUT2D eigenvalue weighted by Gasteiger charge is -2.11. The van der Waals surface area contributed by atoms with E-state index in [1.165, 1.54) is 12.1 Å². The number of carbonyl (C=O) groups is 2. The minimum absolute atomic E-state index is 0.0394. The fourth-order valence-corrected chi connectivity index (χ4v) is 2.06. The predicted molar refractivity (Wildman–Crippen MR) is 69.2 cm³/mol. The second-order valence-electron chi connectivity index (χ2n) is 4.33. The van der Waals surface area contributed by atoms with E-state index in [2.05, 4.69) is 0 Å². The van der Waals surface area contributed by atoms with Crippen molar-refractivity contribution in [3.05, 3.63) is 52.8 Å². The molecule has 0 spiro atoms. The zero-order valence-corrected chi connectivity index (χ0v) is 10.5. The van der Waals surface area contributed by atoms with Crippen molar-refractivity contribution in [2.45, 2.75) is 13.8 Å². The van der Waals surface area contributed by atoms with Gasteiger partial charge in [-0.2, -0.15) is 0 Å². The highest BCUT2D eigenvalue weighted by Gasteiger charge is 2.13. The maximum absolute atomic E-state index is 11.1. The first-order valence-electron chi connectivity index (χ1n) is 5.67. The van der Waals surface area contributed by atoms with Gasteiger partial charge in [0, 0.05) is 17.1 Å². The third-order valence-corrected chi connectivity index (χ3v) is 2.94. The van der Waals surface area contributed by atoms with Crippen LogP contribution in [0.5, 0.6) is 0 Å². The summed E-state index contributed by atoms with van der Waals surface area (Å²) in [6, 6.07) is 7.87. The largest absolute Gasteiger partial charge is 0.478 e. The number of carboxylic acid groups (broad SMARTS) is 2. The molecule has 0 fully saturated rings. The van der Waals surface area contributed by atoms with Crippen molar-refractivity contribution in [2.75, 3.05) is 0 Å². The van der Waals surface area contributed by atoms with E-state index >= 15 is 0 Å². The highest BCUT2D eigenvalue weighted by atomic mass is 16.4. The SMILES string of the molecule is Cc1ccc(C)n1-c1cc(C(=O)O)cc(C(=O)O)c1. The lowest BCUT2D eigenvalue weighted by molar-refractivity contribution is 0.0696. The van der Waals surface area contributed by atoms with Gasteiger partial charge in [0.25, 0.3) is 0 Å². The molecule has 0 radical (unpaired) electrons. The molecule has 1 aromatic carbocycles. The van der Waals surface area contributed by atoms with E-state index in [9.17, 15) is 9.59 Å². The molecular formula is C14H13NO4. The van der Waals surface area contributed by atoms with Crippen molar-refractivity contribution in [1.82, 2.24) is 4.57 Å². The van der Waals surface area contributed by atoms with Gasteiger partial charge in [-0.15, -0.1) is 0 Å². The van der Waals surface area contributed by atoms with Gasteiger partial charge in [-0.25, -0.2) is 9.59 Å². The minimum atomic E-state index is -1.15. The first-order chi connectivity index (χ1) is 8.90. The van der Waals surface area contributed by atoms with Crippen molar-refractivity contribution < 1.29 is 19.8 Å². The number of aryl methyl sites for hydroxylation is 2. The highest BCUT2D eigenvalue weighted by Crippen LogP contribution is 2.20. The molecular weight excluding hydrogens is 246 g/mol. The van der Waals surface area contributed by atoms with Gasteiger partial charge in [-0.3, -0.25) is 0 Å². The van der Waals surface area contributed by atoms with Gasteiger partial charge in [0.1, 0.15) is 0 Å². The monoisotopic (exact) mass is 259 g/mol. The van der Waals surface area contributed by atoms with Crippen molar-refractivity contribution in [3.63, 3.8) is 0 Å². The smallest absolute Gasteiger partial charge is 0.335 e. The van der Waals surface area contributed by atoms with Crippen LogP contribution in [-0.4, -0.2) is 26.7 Å². The molecule has 2 rings (SSSR count). The number of nitrogens with zero attached hydrogens (tertiary/aromatic N) is 1. The van der Waals surface area contributed by atoms with Gasteiger partial charge >= 0.3 is 11.9 Å². The lowest BCUT2D eigenvalue weighted by Crippen LogP contribution is -2.07. The predicted octanol–water partition coefficient (Wildman–Crippen LogP) is 2.49. The lowest BCUT2D eigenvalue weighted by atomic mass is 10.1. The van der Waals surface area contributed by atoms with Gasteiger partial charge in [-0.1, -0.05) is 0 Å². The Morgan fingerprint density at radius 1 is 0.895 bits per heavy atom. The molecule has 0 unspecified atom stereocenters. The van der Waals surface area contributed by atoms with Crippen LogP contribution >= 0.6 is 0 Å². The third-order valence-electron chi connectivity index (χ3n) is 2.94. The second-order valence-corrected chi connectivity index (χ2v) is 4.33. The molecule has 0 aliphatic heterocycles. The molecule has 0 aliphatic rings. The average molecular weight is 259 g/mol. The zero-order valence-electron chi connectivity index (χ0n) is 10.5. The molecule has 0 aliphatic carbocycles. The number of hydrogen-bond acceptors (Lipinski definition) is 2. The summed E-state index contributed by atoms with van der Waals surface area (Å²) >= 11 is 0. The molecule has 0 amide bonds. The van der Waals surface area contributed by atoms with E-state index < -0.39 is 11.9 Å². The van der Waals surface area contributed by atoms with E-state index in [4.69, 9.17) is 10.2 Å². The molecule has 0 saturated carbocycles. The Balaban J connectivity index is 2.70. The van der Waals surface area contributed by atoms with E-state index in [0.717, 1.165) is 17.5 Å². The molecule has 0 atom stereocenters. The number of carboxylic acids is 2. The van der Waals surface area contributed by atoms with Crippen LogP contribution in [0.1, 0.15) is 32.1 Å². The van der Waals surface area contributed by atoms with E-state index in [0.29, 0.717) is 5.69 Å². The van der Waals surface area contributed by atoms with E-state index in [1.54, 1.807) is 0 Å². The Morgan fingerprint density at radius 3 is 1.68 bits per heavy atom. The van der Waals surface area contributed by atoms with Crippen molar-refractivity contribution in [1.29, 1.82) is 0 Å². The van der Waals surface area contributed by atoms with Gasteiger partial charge < -0.3 is 14.8 Å². The van der Waals surface area contributed by atoms with Crippen LogP contribution in [0.3, 0.4) is 0 Å². The van der Waals surface area contributed by atoms with Crippen LogP contribution in [0.2, 0.25) is 0 Å². The van der Waals surface area contributed by atoms with Crippen LogP contribution < -0.4 is 0 Å². The van der Waals surface area contributed by atoms with Gasteiger partial charge in [0.15, 0.2) is 0 Å². The quantitative estimate of drug-likeness (QED) is 0.887. The summed E-state index contributed by atoms with van der Waals surface area (Å²) in [6.07, 6.45) is 0. The number of aromatic carboxylic acids is 2. The maximum atomic E-state index is 11.1. The minimum Gasteiger partial charge on any atom is -0.478 e. The van der Waals surface area contributed by atoms with Gasteiger partial charge in [0.2, 0.25) is 0 Å². The summed E-state index contributed by atoms with van der Waals surface area (Å²) in [7, 11) is 0. The Morgan fingerprint density at radius 2 is 1.32 bits per heavy atom. The molecule has 5 nitrogen and oxygen atoms in total. The molecule has 1 heterocycles. The molecule has 19 heavy (non-hydrogen) atoms. The number of aromatic nitrogens is 1. The van der Waals surface area contributed by atoms with Crippen LogP contribution in [-0.2, 0) is 0 Å². The van der Waals surface area contributed by atoms with Crippen LogP contribution in [0, 0.1) is 13.8 Å². The van der Waals surface area contributed by atoms with Gasteiger partial charge in [-0.05, 0) is 44.2 Å². The van der Waals surface area contributed by atoms with E-state index in [-0.39, 0.29) is 11.1 Å². The van der Waals surface area contributed by atoms with Crippen LogP contribution in [0.15, 0.2) is 30.3 Å². The average Bonchev–Trinajstić information content (AvgIpc) is 2.68. The molecule has 1 aromatic heterocycles. The van der Waals surface area contributed by atoms with Crippen molar-refractivity contribution >= 4 is 11.9 Å². The highest BCUT2D eigenvalue weighted by molar-refractivity contribution is 5.94. The molecule has 98 valence electrons. The summed E-state index contributed by atoms with van der Waals surface area (Å²) in [5.41, 5.74) is 2.29. The summed E-state index contributed by atoms with van der Waals surface area (Å²) in [6.45, 7) is 3.75. The summed E-state index contributed by atoms with van der Waals surface area (Å²) in [4.78, 5) is 22.1. The fourth-order valence-electron chi connectivity index (χ4n) is 2.06.